The topological polar surface area (TPSA) is 66.9 Å². The molecule has 0 spiro atoms. The van der Waals surface area contributed by atoms with Gasteiger partial charge < -0.3 is 10.6 Å². The normalized spacial score (nSPS) is 10.8. The third kappa shape index (κ3) is 4.12. The van der Waals surface area contributed by atoms with Gasteiger partial charge in [0.1, 0.15) is 12.1 Å². The van der Waals surface area contributed by atoms with E-state index in [1.807, 2.05) is 30.3 Å². The number of amides is 1. The molecule has 0 aliphatic carbocycles. The highest BCUT2D eigenvalue weighted by atomic mass is 16.1. The summed E-state index contributed by atoms with van der Waals surface area (Å²) in [5, 5.41) is 7.08. The first-order valence-corrected chi connectivity index (χ1v) is 8.46. The maximum Gasteiger partial charge on any atom is 0.211 e. The second-order valence-corrected chi connectivity index (χ2v) is 6.40. The Labute approximate surface area is 147 Å². The van der Waals surface area contributed by atoms with E-state index in [1.165, 1.54) is 0 Å². The predicted molar refractivity (Wildman–Crippen MR) is 103 cm³/mol. The molecule has 0 bridgehead atoms. The summed E-state index contributed by atoms with van der Waals surface area (Å²) in [5.74, 6) is 1.52. The smallest absolute Gasteiger partial charge is 0.211 e. The highest BCUT2D eigenvalue weighted by Gasteiger charge is 2.06. The lowest BCUT2D eigenvalue weighted by atomic mass is 10.0. The summed E-state index contributed by atoms with van der Waals surface area (Å²) in [6.45, 7) is 5.31. The third-order valence-corrected chi connectivity index (χ3v) is 4.09. The van der Waals surface area contributed by atoms with Gasteiger partial charge in [-0.15, -0.1) is 0 Å². The van der Waals surface area contributed by atoms with E-state index in [2.05, 4.69) is 46.6 Å². The van der Waals surface area contributed by atoms with Crippen LogP contribution in [0.15, 0.2) is 48.8 Å². The van der Waals surface area contributed by atoms with Gasteiger partial charge in [-0.05, 0) is 47.7 Å². The van der Waals surface area contributed by atoms with E-state index < -0.39 is 0 Å². The molecular formula is C20H22N4O. The fraction of sp³-hybridized carbons (Fsp3) is 0.250. The number of carbonyl (C=O) groups is 1. The van der Waals surface area contributed by atoms with Gasteiger partial charge in [0.15, 0.2) is 0 Å². The van der Waals surface area contributed by atoms with Crippen LogP contribution in [0.4, 0.5) is 11.5 Å². The lowest BCUT2D eigenvalue weighted by Crippen LogP contribution is -2.06. The van der Waals surface area contributed by atoms with Crippen LogP contribution in [0, 0.1) is 5.92 Å². The maximum absolute atomic E-state index is 10.5. The van der Waals surface area contributed by atoms with Crippen molar-refractivity contribution in [3.8, 4) is 11.1 Å². The first-order chi connectivity index (χ1) is 12.2. The van der Waals surface area contributed by atoms with E-state index in [-0.39, 0.29) is 0 Å². The second kappa shape index (κ2) is 7.75. The van der Waals surface area contributed by atoms with Crippen LogP contribution in [0.2, 0.25) is 0 Å². The first kappa shape index (κ1) is 16.9. The molecule has 3 rings (SSSR count). The number of hydrogen-bond acceptors (Lipinski definition) is 4. The molecule has 0 saturated carbocycles. The molecule has 1 aromatic heterocycles. The Morgan fingerprint density at radius 1 is 1.04 bits per heavy atom. The van der Waals surface area contributed by atoms with E-state index in [4.69, 9.17) is 0 Å². The van der Waals surface area contributed by atoms with Crippen LogP contribution >= 0.6 is 0 Å². The quantitative estimate of drug-likeness (QED) is 0.631. The lowest BCUT2D eigenvalue weighted by molar-refractivity contribution is -0.105. The van der Waals surface area contributed by atoms with Gasteiger partial charge in [-0.2, -0.15) is 0 Å². The molecular weight excluding hydrogens is 312 g/mol. The van der Waals surface area contributed by atoms with E-state index in [9.17, 15) is 4.79 Å². The minimum Gasteiger partial charge on any atom is -0.369 e. The van der Waals surface area contributed by atoms with E-state index in [0.717, 1.165) is 46.5 Å². The van der Waals surface area contributed by atoms with Gasteiger partial charge in [0.25, 0.3) is 0 Å². The van der Waals surface area contributed by atoms with Gasteiger partial charge in [-0.25, -0.2) is 9.97 Å². The fourth-order valence-corrected chi connectivity index (χ4v) is 2.68. The Hall–Kier alpha value is -2.95. The Bertz CT molecular complexity index is 859. The zero-order valence-corrected chi connectivity index (χ0v) is 14.5. The summed E-state index contributed by atoms with van der Waals surface area (Å²) >= 11 is 0. The van der Waals surface area contributed by atoms with Crippen molar-refractivity contribution in [1.29, 1.82) is 0 Å². The third-order valence-electron chi connectivity index (χ3n) is 4.09. The van der Waals surface area contributed by atoms with Crippen molar-refractivity contribution in [3.63, 3.8) is 0 Å². The van der Waals surface area contributed by atoms with Gasteiger partial charge in [0.05, 0.1) is 5.52 Å². The molecule has 3 aromatic rings. The van der Waals surface area contributed by atoms with Crippen molar-refractivity contribution >= 4 is 28.8 Å². The van der Waals surface area contributed by atoms with Crippen molar-refractivity contribution in [2.45, 2.75) is 20.3 Å². The van der Waals surface area contributed by atoms with Crippen LogP contribution < -0.4 is 10.6 Å². The predicted octanol–water partition coefficient (Wildman–Crippen LogP) is 4.32. The number of hydrogen-bond donors (Lipinski definition) is 2. The van der Waals surface area contributed by atoms with Crippen LogP contribution in [0.3, 0.4) is 0 Å². The van der Waals surface area contributed by atoms with Crippen molar-refractivity contribution in [2.24, 2.45) is 5.92 Å². The maximum atomic E-state index is 10.5. The molecule has 5 heteroatoms. The molecule has 0 unspecified atom stereocenters. The monoisotopic (exact) mass is 334 g/mol. The van der Waals surface area contributed by atoms with Crippen molar-refractivity contribution in [2.75, 3.05) is 17.2 Å². The molecule has 1 heterocycles. The SMILES string of the molecule is CC(C)CCNc1ncnc2ccc(-c3ccc(NC=O)cc3)cc12. The highest BCUT2D eigenvalue weighted by molar-refractivity contribution is 5.92. The fourth-order valence-electron chi connectivity index (χ4n) is 2.68. The number of carbonyl (C=O) groups excluding carboxylic acids is 1. The second-order valence-electron chi connectivity index (χ2n) is 6.40. The van der Waals surface area contributed by atoms with Gasteiger partial charge in [0, 0.05) is 17.6 Å². The average molecular weight is 334 g/mol. The molecule has 0 aliphatic heterocycles. The highest BCUT2D eigenvalue weighted by Crippen LogP contribution is 2.27. The molecule has 25 heavy (non-hydrogen) atoms. The Morgan fingerprint density at radius 3 is 2.52 bits per heavy atom. The lowest BCUT2D eigenvalue weighted by Gasteiger charge is -2.11. The zero-order chi connectivity index (χ0) is 17.6. The van der Waals surface area contributed by atoms with Crippen LogP contribution in [-0.2, 0) is 4.79 Å². The largest absolute Gasteiger partial charge is 0.369 e. The van der Waals surface area contributed by atoms with Crippen LogP contribution in [0.5, 0.6) is 0 Å². The average Bonchev–Trinajstić information content (AvgIpc) is 2.62. The molecule has 0 fully saturated rings. The number of benzene rings is 2. The summed E-state index contributed by atoms with van der Waals surface area (Å²) in [7, 11) is 0. The van der Waals surface area contributed by atoms with Crippen molar-refractivity contribution < 1.29 is 4.79 Å². The van der Waals surface area contributed by atoms with E-state index >= 15 is 0 Å². The number of fused-ring (bicyclic) bond motifs is 1. The summed E-state index contributed by atoms with van der Waals surface area (Å²) in [6.07, 6.45) is 3.37. The summed E-state index contributed by atoms with van der Waals surface area (Å²) < 4.78 is 0. The molecule has 0 aliphatic rings. The van der Waals surface area contributed by atoms with Crippen molar-refractivity contribution in [1.82, 2.24) is 9.97 Å². The zero-order valence-electron chi connectivity index (χ0n) is 14.5. The molecule has 0 saturated heterocycles. The number of anilines is 2. The number of rotatable bonds is 7. The molecule has 1 amide bonds. The van der Waals surface area contributed by atoms with Crippen LogP contribution in [-0.4, -0.2) is 22.9 Å². The van der Waals surface area contributed by atoms with Gasteiger partial charge in [-0.3, -0.25) is 4.79 Å². The summed E-state index contributed by atoms with van der Waals surface area (Å²) in [6, 6.07) is 13.9. The molecule has 2 N–H and O–H groups in total. The molecule has 2 aromatic carbocycles. The minimum atomic E-state index is 0.648. The standard InChI is InChI=1S/C20H22N4O/c1-14(2)9-10-21-20-18-11-16(5-8-19(18)22-12-23-20)15-3-6-17(7-4-15)24-13-25/h3-8,11-14H,9-10H2,1-2H3,(H,24,25)(H,21,22,23). The molecule has 0 atom stereocenters. The Balaban J connectivity index is 1.90. The van der Waals surface area contributed by atoms with E-state index in [1.54, 1.807) is 6.33 Å². The minimum absolute atomic E-state index is 0.648. The number of nitrogens with zero attached hydrogens (tertiary/aromatic N) is 2. The first-order valence-electron chi connectivity index (χ1n) is 8.46. The van der Waals surface area contributed by atoms with Crippen LogP contribution in [0.1, 0.15) is 20.3 Å². The molecule has 5 nitrogen and oxygen atoms in total. The van der Waals surface area contributed by atoms with Crippen molar-refractivity contribution in [3.05, 3.63) is 48.8 Å². The Morgan fingerprint density at radius 2 is 1.80 bits per heavy atom. The number of aromatic nitrogens is 2. The molecule has 128 valence electrons. The van der Waals surface area contributed by atoms with Gasteiger partial charge >= 0.3 is 0 Å². The van der Waals surface area contributed by atoms with E-state index in [0.29, 0.717) is 12.3 Å². The van der Waals surface area contributed by atoms with Crippen LogP contribution in [0.25, 0.3) is 22.0 Å². The molecule has 0 radical (unpaired) electrons. The number of nitrogens with one attached hydrogen (secondary N) is 2. The van der Waals surface area contributed by atoms with Gasteiger partial charge in [0.2, 0.25) is 6.41 Å². The summed E-state index contributed by atoms with van der Waals surface area (Å²) in [5.41, 5.74) is 3.87. The van der Waals surface area contributed by atoms with Gasteiger partial charge in [-0.1, -0.05) is 32.0 Å². The summed E-state index contributed by atoms with van der Waals surface area (Å²) in [4.78, 5) is 19.3. The Kier molecular flexibility index (Phi) is 5.23.